The van der Waals surface area contributed by atoms with E-state index >= 15 is 0 Å². The van der Waals surface area contributed by atoms with Crippen molar-refractivity contribution in [3.63, 3.8) is 0 Å². The second-order valence-corrected chi connectivity index (χ2v) is 4.85. The van der Waals surface area contributed by atoms with Gasteiger partial charge in [0.1, 0.15) is 5.82 Å². The van der Waals surface area contributed by atoms with E-state index in [0.29, 0.717) is 0 Å². The third kappa shape index (κ3) is 2.28. The third-order valence-corrected chi connectivity index (χ3v) is 3.38. The largest absolute Gasteiger partial charge is 0.392 e. The molecule has 0 aliphatic heterocycles. The van der Waals surface area contributed by atoms with Crippen LogP contribution in [-0.2, 0) is 6.61 Å². The number of hydrogen-bond acceptors (Lipinski definition) is 2. The van der Waals surface area contributed by atoms with Crippen molar-refractivity contribution in [2.45, 2.75) is 13.5 Å². The highest BCUT2D eigenvalue weighted by Crippen LogP contribution is 2.25. The Morgan fingerprint density at radius 3 is 2.50 bits per heavy atom. The molecule has 0 saturated heterocycles. The van der Waals surface area contributed by atoms with E-state index in [1.54, 1.807) is 6.07 Å². The molecule has 0 saturated carbocycles. The van der Waals surface area contributed by atoms with Crippen LogP contribution in [0.15, 0.2) is 48.5 Å². The molecule has 0 unspecified atom stereocenters. The number of hydrogen-bond donors (Lipinski definition) is 1. The van der Waals surface area contributed by atoms with Gasteiger partial charge in [-0.25, -0.2) is 9.37 Å². The van der Waals surface area contributed by atoms with Gasteiger partial charge in [-0.3, -0.25) is 0 Å². The van der Waals surface area contributed by atoms with Crippen molar-refractivity contribution < 1.29 is 9.50 Å². The summed E-state index contributed by atoms with van der Waals surface area (Å²) in [7, 11) is 0. The van der Waals surface area contributed by atoms with Gasteiger partial charge < -0.3 is 5.11 Å². The van der Waals surface area contributed by atoms with Crippen LogP contribution in [0.1, 0.15) is 11.1 Å². The standard InChI is InChI=1S/C17H14FNO/c1-11-8-14-9-15(18)6-7-16(14)19-17(11)13-4-2-12(10-20)3-5-13/h2-9,20H,10H2,1H3. The number of aliphatic hydroxyl groups is 1. The maximum atomic E-state index is 13.2. The Kier molecular flexibility index (Phi) is 3.20. The third-order valence-electron chi connectivity index (χ3n) is 3.38. The average molecular weight is 267 g/mol. The van der Waals surface area contributed by atoms with Gasteiger partial charge >= 0.3 is 0 Å². The number of nitrogens with zero attached hydrogens (tertiary/aromatic N) is 1. The first-order valence-electron chi connectivity index (χ1n) is 6.44. The Morgan fingerprint density at radius 1 is 1.05 bits per heavy atom. The Morgan fingerprint density at radius 2 is 1.80 bits per heavy atom. The van der Waals surface area contributed by atoms with Crippen LogP contribution >= 0.6 is 0 Å². The molecule has 20 heavy (non-hydrogen) atoms. The predicted octanol–water partition coefficient (Wildman–Crippen LogP) is 3.84. The van der Waals surface area contributed by atoms with Crippen molar-refractivity contribution in [3.8, 4) is 11.3 Å². The van der Waals surface area contributed by atoms with Gasteiger partial charge in [-0.15, -0.1) is 0 Å². The van der Waals surface area contributed by atoms with Crippen molar-refractivity contribution in [2.75, 3.05) is 0 Å². The van der Waals surface area contributed by atoms with Gasteiger partial charge in [0, 0.05) is 10.9 Å². The predicted molar refractivity (Wildman–Crippen MR) is 77.8 cm³/mol. The fraction of sp³-hybridized carbons (Fsp3) is 0.118. The normalized spacial score (nSPS) is 10.9. The zero-order valence-electron chi connectivity index (χ0n) is 11.1. The van der Waals surface area contributed by atoms with Crippen molar-refractivity contribution in [1.29, 1.82) is 0 Å². The summed E-state index contributed by atoms with van der Waals surface area (Å²) in [6.45, 7) is 2.00. The molecule has 3 aromatic rings. The summed E-state index contributed by atoms with van der Waals surface area (Å²) in [4.78, 5) is 4.61. The first kappa shape index (κ1) is 12.8. The molecule has 2 nitrogen and oxygen atoms in total. The molecule has 3 heteroatoms. The van der Waals surface area contributed by atoms with Crippen LogP contribution in [0.5, 0.6) is 0 Å². The average Bonchev–Trinajstić information content (AvgIpc) is 2.46. The summed E-state index contributed by atoms with van der Waals surface area (Å²) in [6, 6.07) is 14.2. The number of benzene rings is 2. The van der Waals surface area contributed by atoms with Crippen LogP contribution in [0.4, 0.5) is 4.39 Å². The number of fused-ring (bicyclic) bond motifs is 1. The fourth-order valence-corrected chi connectivity index (χ4v) is 2.31. The minimum atomic E-state index is -0.251. The zero-order chi connectivity index (χ0) is 14.1. The summed E-state index contributed by atoms with van der Waals surface area (Å²) in [6.07, 6.45) is 0. The van der Waals surface area contributed by atoms with Crippen LogP contribution in [0.2, 0.25) is 0 Å². The number of aliphatic hydroxyl groups excluding tert-OH is 1. The minimum Gasteiger partial charge on any atom is -0.392 e. The lowest BCUT2D eigenvalue weighted by atomic mass is 10.0. The molecule has 0 aliphatic rings. The molecule has 0 amide bonds. The second-order valence-electron chi connectivity index (χ2n) is 4.85. The number of rotatable bonds is 2. The van der Waals surface area contributed by atoms with Crippen molar-refractivity contribution >= 4 is 10.9 Å². The van der Waals surface area contributed by atoms with Crippen LogP contribution in [0.3, 0.4) is 0 Å². The van der Waals surface area contributed by atoms with Crippen LogP contribution < -0.4 is 0 Å². The first-order valence-corrected chi connectivity index (χ1v) is 6.44. The molecule has 100 valence electrons. The summed E-state index contributed by atoms with van der Waals surface area (Å²) in [5.74, 6) is -0.251. The van der Waals surface area contributed by atoms with Gasteiger partial charge in [-0.2, -0.15) is 0 Å². The Labute approximate surface area is 116 Å². The molecular formula is C17H14FNO. The lowest BCUT2D eigenvalue weighted by molar-refractivity contribution is 0.282. The van der Waals surface area contributed by atoms with E-state index in [9.17, 15) is 4.39 Å². The highest BCUT2D eigenvalue weighted by atomic mass is 19.1. The molecule has 0 atom stereocenters. The molecule has 0 radical (unpaired) electrons. The molecule has 2 aromatic carbocycles. The van der Waals surface area contributed by atoms with Gasteiger partial charge in [-0.05, 0) is 42.3 Å². The lowest BCUT2D eigenvalue weighted by Gasteiger charge is -2.08. The Hall–Kier alpha value is -2.26. The van der Waals surface area contributed by atoms with Gasteiger partial charge in [0.25, 0.3) is 0 Å². The summed E-state index contributed by atoms with van der Waals surface area (Å²) < 4.78 is 13.2. The van der Waals surface area contributed by atoms with E-state index in [0.717, 1.165) is 33.3 Å². The van der Waals surface area contributed by atoms with E-state index in [4.69, 9.17) is 5.11 Å². The first-order chi connectivity index (χ1) is 9.67. The SMILES string of the molecule is Cc1cc2cc(F)ccc2nc1-c1ccc(CO)cc1. The minimum absolute atomic E-state index is 0.0314. The maximum absolute atomic E-state index is 13.2. The lowest BCUT2D eigenvalue weighted by Crippen LogP contribution is -1.91. The number of aromatic nitrogens is 1. The van der Waals surface area contributed by atoms with Crippen LogP contribution in [-0.4, -0.2) is 10.1 Å². The van der Waals surface area contributed by atoms with Gasteiger partial charge in [0.05, 0.1) is 17.8 Å². The van der Waals surface area contributed by atoms with Gasteiger partial charge in [0.15, 0.2) is 0 Å². The highest BCUT2D eigenvalue weighted by molar-refractivity contribution is 5.83. The molecule has 1 N–H and O–H groups in total. The highest BCUT2D eigenvalue weighted by Gasteiger charge is 2.07. The Balaban J connectivity index is 2.14. The molecule has 0 aliphatic carbocycles. The summed E-state index contributed by atoms with van der Waals surface area (Å²) >= 11 is 0. The van der Waals surface area contributed by atoms with Crippen molar-refractivity contribution in [1.82, 2.24) is 4.98 Å². The number of aryl methyl sites for hydroxylation is 1. The monoisotopic (exact) mass is 267 g/mol. The quantitative estimate of drug-likeness (QED) is 0.765. The van der Waals surface area contributed by atoms with E-state index in [2.05, 4.69) is 4.98 Å². The van der Waals surface area contributed by atoms with E-state index in [-0.39, 0.29) is 12.4 Å². The second kappa shape index (κ2) is 5.02. The van der Waals surface area contributed by atoms with Crippen molar-refractivity contribution in [2.24, 2.45) is 0 Å². The topological polar surface area (TPSA) is 33.1 Å². The molecular weight excluding hydrogens is 253 g/mol. The van der Waals surface area contributed by atoms with Gasteiger partial charge in [-0.1, -0.05) is 24.3 Å². The summed E-state index contributed by atoms with van der Waals surface area (Å²) in [5, 5.41) is 9.87. The Bertz CT molecular complexity index is 766. The smallest absolute Gasteiger partial charge is 0.123 e. The van der Waals surface area contributed by atoms with E-state index < -0.39 is 0 Å². The molecule has 3 rings (SSSR count). The fourth-order valence-electron chi connectivity index (χ4n) is 2.31. The van der Waals surface area contributed by atoms with Crippen molar-refractivity contribution in [3.05, 3.63) is 65.5 Å². The molecule has 0 fully saturated rings. The molecule has 0 spiro atoms. The van der Waals surface area contributed by atoms with Gasteiger partial charge in [0.2, 0.25) is 0 Å². The zero-order valence-corrected chi connectivity index (χ0v) is 11.1. The summed E-state index contributed by atoms with van der Waals surface area (Å²) in [5.41, 5.74) is 4.52. The molecule has 1 heterocycles. The molecule has 0 bridgehead atoms. The van der Waals surface area contributed by atoms with Crippen LogP contribution in [0, 0.1) is 12.7 Å². The maximum Gasteiger partial charge on any atom is 0.123 e. The molecule has 1 aromatic heterocycles. The number of pyridine rings is 1. The van der Waals surface area contributed by atoms with E-state index in [1.807, 2.05) is 37.3 Å². The number of halogens is 1. The van der Waals surface area contributed by atoms with Crippen LogP contribution in [0.25, 0.3) is 22.2 Å². The van der Waals surface area contributed by atoms with E-state index in [1.165, 1.54) is 12.1 Å².